The molecule has 0 spiro atoms. The molecule has 0 aliphatic carbocycles. The van der Waals surface area contributed by atoms with Gasteiger partial charge in [-0.2, -0.15) is 10.5 Å². The number of carbonyl (C=O) groups excluding carboxylic acids is 2. The zero-order valence-corrected chi connectivity index (χ0v) is 10.1. The molecule has 19 heavy (non-hydrogen) atoms. The lowest BCUT2D eigenvalue weighted by Gasteiger charge is -1.98. The number of carbonyl (C=O) groups is 2. The number of rotatable bonds is 5. The summed E-state index contributed by atoms with van der Waals surface area (Å²) in [4.78, 5) is 22.4. The van der Waals surface area contributed by atoms with E-state index in [9.17, 15) is 9.59 Å². The van der Waals surface area contributed by atoms with Crippen molar-refractivity contribution < 1.29 is 19.4 Å². The third-order valence-electron chi connectivity index (χ3n) is 1.79. The Kier molecular flexibility index (Phi) is 7.59. The van der Waals surface area contributed by atoms with Gasteiger partial charge in [-0.25, -0.2) is 4.79 Å². The number of esters is 1. The van der Waals surface area contributed by atoms with Crippen LogP contribution in [0, 0.1) is 34.7 Å². The Morgan fingerprint density at radius 1 is 1.21 bits per heavy atom. The maximum Gasteiger partial charge on any atom is 0.348 e. The average molecular weight is 258 g/mol. The van der Waals surface area contributed by atoms with E-state index in [0.717, 1.165) is 0 Å². The summed E-state index contributed by atoms with van der Waals surface area (Å²) in [6.07, 6.45) is 3.84. The molecule has 0 aliphatic heterocycles. The van der Waals surface area contributed by atoms with E-state index in [4.69, 9.17) is 15.6 Å². The van der Waals surface area contributed by atoms with Crippen LogP contribution in [0.3, 0.4) is 0 Å². The van der Waals surface area contributed by atoms with Gasteiger partial charge in [-0.1, -0.05) is 12.2 Å². The molecule has 96 valence electrons. The molecule has 0 aromatic rings. The van der Waals surface area contributed by atoms with Crippen LogP contribution in [-0.2, 0) is 14.3 Å². The van der Waals surface area contributed by atoms with Crippen molar-refractivity contribution in [3.8, 4) is 24.2 Å². The topological polar surface area (TPSA) is 111 Å². The highest BCUT2D eigenvalue weighted by molar-refractivity contribution is 6.11. The largest absolute Gasteiger partial charge is 0.462 e. The fourth-order valence-corrected chi connectivity index (χ4v) is 0.985. The minimum atomic E-state index is -0.840. The molecule has 0 radical (unpaired) electrons. The Labute approximate surface area is 110 Å². The van der Waals surface area contributed by atoms with Crippen LogP contribution in [-0.4, -0.2) is 23.5 Å². The molecule has 1 N–H and O–H groups in total. The highest BCUT2D eigenvalue weighted by atomic mass is 16.5. The minimum Gasteiger partial charge on any atom is -0.462 e. The van der Waals surface area contributed by atoms with Gasteiger partial charge in [0.05, 0.1) is 6.61 Å². The lowest BCUT2D eigenvalue weighted by Crippen LogP contribution is -2.06. The number of aliphatic hydroxyl groups excluding tert-OH is 1. The highest BCUT2D eigenvalue weighted by Crippen LogP contribution is 2.03. The summed E-state index contributed by atoms with van der Waals surface area (Å²) in [5.41, 5.74) is -0.491. The summed E-state index contributed by atoms with van der Waals surface area (Å²) >= 11 is 0. The third-order valence-corrected chi connectivity index (χ3v) is 1.79. The zero-order chi connectivity index (χ0) is 14.7. The number of nitriles is 2. The molecule has 0 aromatic heterocycles. The van der Waals surface area contributed by atoms with Crippen LogP contribution in [0.4, 0.5) is 0 Å². The molecule has 0 heterocycles. The molecule has 0 bridgehead atoms. The van der Waals surface area contributed by atoms with E-state index < -0.39 is 11.8 Å². The monoisotopic (exact) mass is 258 g/mol. The van der Waals surface area contributed by atoms with Gasteiger partial charge in [0.1, 0.15) is 29.4 Å². The van der Waals surface area contributed by atoms with Crippen LogP contribution in [0.1, 0.15) is 13.3 Å². The van der Waals surface area contributed by atoms with E-state index in [0.29, 0.717) is 0 Å². The van der Waals surface area contributed by atoms with Gasteiger partial charge in [-0.15, -0.1) is 0 Å². The van der Waals surface area contributed by atoms with Gasteiger partial charge in [0.2, 0.25) is 5.78 Å². The van der Waals surface area contributed by atoms with Crippen molar-refractivity contribution >= 4 is 11.8 Å². The number of aliphatic hydroxyl groups is 1. The van der Waals surface area contributed by atoms with E-state index in [1.54, 1.807) is 25.0 Å². The minimum absolute atomic E-state index is 0.0173. The predicted molar refractivity (Wildman–Crippen MR) is 63.4 cm³/mol. The van der Waals surface area contributed by atoms with Crippen LogP contribution in [0.15, 0.2) is 23.3 Å². The first-order valence-electron chi connectivity index (χ1n) is 5.17. The molecule has 6 heteroatoms. The van der Waals surface area contributed by atoms with Crippen molar-refractivity contribution in [1.29, 1.82) is 10.5 Å². The summed E-state index contributed by atoms with van der Waals surface area (Å²) in [5, 5.41) is 25.6. The Morgan fingerprint density at radius 2 is 1.79 bits per heavy atom. The van der Waals surface area contributed by atoms with E-state index in [-0.39, 0.29) is 24.2 Å². The van der Waals surface area contributed by atoms with Crippen LogP contribution in [0.2, 0.25) is 0 Å². The summed E-state index contributed by atoms with van der Waals surface area (Å²) in [6, 6.07) is 3.26. The van der Waals surface area contributed by atoms with E-state index in [1.165, 1.54) is 18.3 Å². The second kappa shape index (κ2) is 9.04. The third kappa shape index (κ3) is 5.72. The summed E-state index contributed by atoms with van der Waals surface area (Å²) in [5.74, 6) is 0.185. The van der Waals surface area contributed by atoms with Crippen LogP contribution < -0.4 is 0 Å². The van der Waals surface area contributed by atoms with E-state index >= 15 is 0 Å². The van der Waals surface area contributed by atoms with Gasteiger partial charge in [-0.3, -0.25) is 4.79 Å². The molecule has 0 saturated carbocycles. The molecular weight excluding hydrogens is 248 g/mol. The fourth-order valence-electron chi connectivity index (χ4n) is 0.985. The molecule has 0 saturated heterocycles. The first kappa shape index (κ1) is 16.0. The molecule has 6 nitrogen and oxygen atoms in total. The molecule has 0 fully saturated rings. The van der Waals surface area contributed by atoms with Crippen molar-refractivity contribution in [2.75, 3.05) is 6.61 Å². The number of Topliss-reactive ketones (excluding diaryl/α,β-unsaturated/α-hetero) is 1. The van der Waals surface area contributed by atoms with Gasteiger partial charge in [0, 0.05) is 5.92 Å². The number of nitrogens with zero attached hydrogens (tertiary/aromatic N) is 2. The molecular formula is C13H10N2O4. The number of ether oxygens (including phenoxy) is 1. The lowest BCUT2D eigenvalue weighted by molar-refractivity contribution is -0.138. The van der Waals surface area contributed by atoms with Crippen molar-refractivity contribution in [3.05, 3.63) is 23.3 Å². The average Bonchev–Trinajstić information content (AvgIpc) is 2.39. The molecule has 0 atom stereocenters. The Hall–Kier alpha value is -3.04. The molecule has 0 aliphatic rings. The summed E-state index contributed by atoms with van der Waals surface area (Å²) in [7, 11) is 0. The number of allylic oxidation sites excluding steroid dienone is 3. The Morgan fingerprint density at radius 3 is 2.26 bits per heavy atom. The molecule has 0 rings (SSSR count). The molecule has 0 unspecified atom stereocenters. The van der Waals surface area contributed by atoms with Crippen LogP contribution in [0.25, 0.3) is 0 Å². The Bertz CT molecular complexity index is 562. The van der Waals surface area contributed by atoms with Crippen molar-refractivity contribution in [3.63, 3.8) is 0 Å². The van der Waals surface area contributed by atoms with Crippen molar-refractivity contribution in [2.45, 2.75) is 13.3 Å². The molecule has 0 amide bonds. The molecule has 0 aromatic carbocycles. The van der Waals surface area contributed by atoms with Crippen molar-refractivity contribution in [2.24, 2.45) is 0 Å². The summed E-state index contributed by atoms with van der Waals surface area (Å²) < 4.78 is 4.63. The van der Waals surface area contributed by atoms with Gasteiger partial charge in [0.25, 0.3) is 0 Å². The normalized spacial score (nSPS) is 10.5. The number of hydrogen-bond acceptors (Lipinski definition) is 6. The maximum absolute atomic E-state index is 11.2. The summed E-state index contributed by atoms with van der Waals surface area (Å²) in [6.45, 7) is 1.74. The second-order valence-electron chi connectivity index (χ2n) is 2.98. The fraction of sp³-hybridized carbons (Fsp3) is 0.231. The van der Waals surface area contributed by atoms with Gasteiger partial charge < -0.3 is 9.84 Å². The maximum atomic E-state index is 11.2. The van der Waals surface area contributed by atoms with Gasteiger partial charge >= 0.3 is 5.97 Å². The van der Waals surface area contributed by atoms with Gasteiger partial charge in [0.15, 0.2) is 0 Å². The van der Waals surface area contributed by atoms with Crippen molar-refractivity contribution in [1.82, 2.24) is 0 Å². The van der Waals surface area contributed by atoms with E-state index in [2.05, 4.69) is 4.74 Å². The lowest BCUT2D eigenvalue weighted by atomic mass is 10.1. The second-order valence-corrected chi connectivity index (χ2v) is 2.98. The van der Waals surface area contributed by atoms with Crippen LogP contribution in [0.5, 0.6) is 0 Å². The number of ketones is 1. The smallest absolute Gasteiger partial charge is 0.348 e. The first-order valence-corrected chi connectivity index (χ1v) is 5.17. The SMILES string of the molecule is CCOC(=O)C(C#N)=CC/C=C(\C#N)C(=O)C#CO. The first-order chi connectivity index (χ1) is 9.10. The van der Waals surface area contributed by atoms with E-state index in [1.807, 2.05) is 0 Å². The Balaban J connectivity index is 4.90. The standard InChI is InChI=1S/C13H10N2O4/c1-2-19-13(18)11(9-15)5-3-4-10(8-14)12(17)6-7-16/h4-5,16H,2-3H2,1H3/b10-4+,11-5?. The van der Waals surface area contributed by atoms with Crippen LogP contribution >= 0.6 is 0 Å². The highest BCUT2D eigenvalue weighted by Gasteiger charge is 2.09. The zero-order valence-electron chi connectivity index (χ0n) is 10.1. The quantitative estimate of drug-likeness (QED) is 0.337. The van der Waals surface area contributed by atoms with Gasteiger partial charge in [-0.05, 0) is 13.3 Å². The predicted octanol–water partition coefficient (Wildman–Crippen LogP) is 0.742. The number of hydrogen-bond donors (Lipinski definition) is 1.